The first-order chi connectivity index (χ1) is 12.9. The third-order valence-corrected chi connectivity index (χ3v) is 5.02. The molecule has 6 aromatic rings. The van der Waals surface area contributed by atoms with Crippen LogP contribution in [-0.4, -0.2) is 19.5 Å². The third kappa shape index (κ3) is 1.68. The average Bonchev–Trinajstić information content (AvgIpc) is 3.24. The van der Waals surface area contributed by atoms with Gasteiger partial charge in [-0.15, -0.1) is 0 Å². The molecule has 4 aromatic heterocycles. The number of para-hydroxylation sites is 2. The van der Waals surface area contributed by atoms with E-state index in [0.29, 0.717) is 0 Å². The Morgan fingerprint density at radius 2 is 1.58 bits per heavy atom. The van der Waals surface area contributed by atoms with E-state index in [2.05, 4.69) is 69.1 Å². The van der Waals surface area contributed by atoms with E-state index in [1.54, 1.807) is 0 Å². The van der Waals surface area contributed by atoms with E-state index in [0.717, 1.165) is 44.2 Å². The van der Waals surface area contributed by atoms with E-state index in [9.17, 15) is 0 Å². The molecule has 6 rings (SSSR count). The van der Waals surface area contributed by atoms with Crippen molar-refractivity contribution < 1.29 is 0 Å². The lowest BCUT2D eigenvalue weighted by molar-refractivity contribution is 1.18. The maximum Gasteiger partial charge on any atom is 0.117 e. The van der Waals surface area contributed by atoms with Crippen molar-refractivity contribution in [2.24, 2.45) is 0 Å². The SMILES string of the molecule is c1ccc(-n2c3cccnc3c3ncc4c5ccccc5[nH]c4c32)cc1. The number of nitrogens with one attached hydrogen (secondary N) is 1. The lowest BCUT2D eigenvalue weighted by atomic mass is 10.2. The molecule has 0 aliphatic rings. The predicted molar refractivity (Wildman–Crippen MR) is 106 cm³/mol. The average molecular weight is 334 g/mol. The van der Waals surface area contributed by atoms with Crippen molar-refractivity contribution in [1.29, 1.82) is 0 Å². The number of hydrogen-bond acceptors (Lipinski definition) is 2. The molecule has 2 aromatic carbocycles. The van der Waals surface area contributed by atoms with Crippen molar-refractivity contribution in [1.82, 2.24) is 19.5 Å². The molecule has 4 heteroatoms. The fourth-order valence-corrected chi connectivity index (χ4v) is 3.91. The lowest BCUT2D eigenvalue weighted by Crippen LogP contribution is -1.94. The maximum absolute atomic E-state index is 4.80. The molecule has 0 saturated carbocycles. The normalized spacial score (nSPS) is 11.8. The summed E-state index contributed by atoms with van der Waals surface area (Å²) in [6.45, 7) is 0. The molecular weight excluding hydrogens is 320 g/mol. The molecule has 0 bridgehead atoms. The van der Waals surface area contributed by atoms with Crippen LogP contribution in [0.25, 0.3) is 49.6 Å². The summed E-state index contributed by atoms with van der Waals surface area (Å²) in [4.78, 5) is 13.0. The highest BCUT2D eigenvalue weighted by Gasteiger charge is 2.18. The van der Waals surface area contributed by atoms with Gasteiger partial charge in [0, 0.05) is 34.4 Å². The van der Waals surface area contributed by atoms with Gasteiger partial charge in [-0.3, -0.25) is 9.97 Å². The van der Waals surface area contributed by atoms with Crippen molar-refractivity contribution in [2.45, 2.75) is 0 Å². The molecule has 0 radical (unpaired) electrons. The van der Waals surface area contributed by atoms with E-state index in [-0.39, 0.29) is 0 Å². The Hall–Kier alpha value is -3.66. The predicted octanol–water partition coefficient (Wildman–Crippen LogP) is 5.21. The lowest BCUT2D eigenvalue weighted by Gasteiger charge is -2.07. The quantitative estimate of drug-likeness (QED) is 0.449. The Bertz CT molecular complexity index is 1420. The van der Waals surface area contributed by atoms with Gasteiger partial charge in [0.25, 0.3) is 0 Å². The molecule has 4 heterocycles. The van der Waals surface area contributed by atoms with Gasteiger partial charge in [-0.1, -0.05) is 36.4 Å². The summed E-state index contributed by atoms with van der Waals surface area (Å²) >= 11 is 0. The Labute approximate surface area is 148 Å². The van der Waals surface area contributed by atoms with Crippen LogP contribution in [0.15, 0.2) is 79.1 Å². The molecule has 0 amide bonds. The molecule has 1 N–H and O–H groups in total. The molecule has 0 aliphatic carbocycles. The summed E-state index contributed by atoms with van der Waals surface area (Å²) in [5, 5.41) is 2.32. The first kappa shape index (κ1) is 13.6. The largest absolute Gasteiger partial charge is 0.353 e. The van der Waals surface area contributed by atoms with E-state index >= 15 is 0 Å². The van der Waals surface area contributed by atoms with Gasteiger partial charge in [0.05, 0.1) is 16.6 Å². The second-order valence-electron chi connectivity index (χ2n) is 6.46. The number of aromatic nitrogens is 4. The topological polar surface area (TPSA) is 46.5 Å². The van der Waals surface area contributed by atoms with Gasteiger partial charge in [-0.2, -0.15) is 0 Å². The molecule has 122 valence electrons. The summed E-state index contributed by atoms with van der Waals surface area (Å²) in [6, 6.07) is 22.8. The van der Waals surface area contributed by atoms with Crippen LogP contribution in [0.1, 0.15) is 0 Å². The molecule has 0 fully saturated rings. The Morgan fingerprint density at radius 3 is 2.50 bits per heavy atom. The van der Waals surface area contributed by atoms with E-state index in [1.165, 1.54) is 5.39 Å². The van der Waals surface area contributed by atoms with Crippen molar-refractivity contribution >= 4 is 43.9 Å². The van der Waals surface area contributed by atoms with E-state index in [1.807, 2.05) is 24.5 Å². The van der Waals surface area contributed by atoms with Gasteiger partial charge in [0.1, 0.15) is 11.0 Å². The zero-order chi connectivity index (χ0) is 17.1. The van der Waals surface area contributed by atoms with Crippen molar-refractivity contribution in [3.05, 3.63) is 79.1 Å². The number of pyridine rings is 2. The van der Waals surface area contributed by atoms with Gasteiger partial charge >= 0.3 is 0 Å². The smallest absolute Gasteiger partial charge is 0.117 e. The Balaban J connectivity index is 1.92. The van der Waals surface area contributed by atoms with Crippen LogP contribution in [0.2, 0.25) is 0 Å². The van der Waals surface area contributed by atoms with Crippen molar-refractivity contribution in [3.63, 3.8) is 0 Å². The number of H-pyrrole nitrogens is 1. The number of fused-ring (bicyclic) bond motifs is 7. The highest BCUT2D eigenvalue weighted by molar-refractivity contribution is 6.20. The maximum atomic E-state index is 4.80. The number of rotatable bonds is 1. The van der Waals surface area contributed by atoms with E-state index in [4.69, 9.17) is 4.98 Å². The Morgan fingerprint density at radius 1 is 0.731 bits per heavy atom. The monoisotopic (exact) mass is 334 g/mol. The molecule has 0 saturated heterocycles. The zero-order valence-electron chi connectivity index (χ0n) is 13.8. The minimum atomic E-state index is 0.920. The number of nitrogens with zero attached hydrogens (tertiary/aromatic N) is 3. The molecule has 0 atom stereocenters. The summed E-state index contributed by atoms with van der Waals surface area (Å²) in [5.41, 5.74) is 7.29. The van der Waals surface area contributed by atoms with Gasteiger partial charge in [-0.25, -0.2) is 0 Å². The van der Waals surface area contributed by atoms with Crippen molar-refractivity contribution in [2.75, 3.05) is 0 Å². The van der Waals surface area contributed by atoms with Crippen LogP contribution in [0, 0.1) is 0 Å². The highest BCUT2D eigenvalue weighted by atomic mass is 15.0. The van der Waals surface area contributed by atoms with Gasteiger partial charge < -0.3 is 9.55 Å². The standard InChI is InChI=1S/C22H14N4/c1-2-7-14(8-3-1)26-18-11-6-12-23-20(18)21-22(26)19-16(13-24-21)15-9-4-5-10-17(15)25-19/h1-13,25H. The summed E-state index contributed by atoms with van der Waals surface area (Å²) in [6.07, 6.45) is 3.79. The van der Waals surface area contributed by atoms with Crippen LogP contribution < -0.4 is 0 Å². The van der Waals surface area contributed by atoms with Crippen LogP contribution in [0.3, 0.4) is 0 Å². The van der Waals surface area contributed by atoms with Gasteiger partial charge in [-0.05, 0) is 30.3 Å². The second-order valence-corrected chi connectivity index (χ2v) is 6.46. The molecule has 26 heavy (non-hydrogen) atoms. The van der Waals surface area contributed by atoms with Crippen LogP contribution in [0.5, 0.6) is 0 Å². The summed E-state index contributed by atoms with van der Waals surface area (Å²) in [7, 11) is 0. The molecule has 4 nitrogen and oxygen atoms in total. The third-order valence-electron chi connectivity index (χ3n) is 5.02. The fraction of sp³-hybridized carbons (Fsp3) is 0. The molecule has 0 spiro atoms. The second kappa shape index (κ2) is 4.92. The zero-order valence-corrected chi connectivity index (χ0v) is 13.8. The van der Waals surface area contributed by atoms with Gasteiger partial charge in [0.2, 0.25) is 0 Å². The molecule has 0 unspecified atom stereocenters. The van der Waals surface area contributed by atoms with Crippen LogP contribution in [0.4, 0.5) is 0 Å². The first-order valence-corrected chi connectivity index (χ1v) is 8.62. The van der Waals surface area contributed by atoms with Gasteiger partial charge in [0.15, 0.2) is 0 Å². The first-order valence-electron chi connectivity index (χ1n) is 8.62. The fourth-order valence-electron chi connectivity index (χ4n) is 3.91. The minimum Gasteiger partial charge on any atom is -0.353 e. The van der Waals surface area contributed by atoms with Crippen molar-refractivity contribution in [3.8, 4) is 5.69 Å². The molecular formula is C22H14N4. The van der Waals surface area contributed by atoms with E-state index < -0.39 is 0 Å². The van der Waals surface area contributed by atoms with Crippen LogP contribution >= 0.6 is 0 Å². The number of aromatic amines is 1. The number of hydrogen-bond donors (Lipinski definition) is 1. The molecule has 0 aliphatic heterocycles. The Kier molecular flexibility index (Phi) is 2.58. The minimum absolute atomic E-state index is 0.920. The summed E-state index contributed by atoms with van der Waals surface area (Å²) < 4.78 is 2.25. The highest BCUT2D eigenvalue weighted by Crippen LogP contribution is 2.36. The number of benzene rings is 2. The summed E-state index contributed by atoms with van der Waals surface area (Å²) in [5.74, 6) is 0. The van der Waals surface area contributed by atoms with Crippen LogP contribution in [-0.2, 0) is 0 Å².